The Morgan fingerprint density at radius 2 is 1.57 bits per heavy atom. The Morgan fingerprint density at radius 3 is 2.14 bits per heavy atom. The van der Waals surface area contributed by atoms with Crippen LogP contribution in [0.15, 0.2) is 54.6 Å². The molecular formula is C19H23O2. The van der Waals surface area contributed by atoms with Gasteiger partial charge in [-0.05, 0) is 37.5 Å². The Kier molecular flexibility index (Phi) is 6.45. The van der Waals surface area contributed by atoms with Gasteiger partial charge in [-0.1, -0.05) is 54.6 Å². The summed E-state index contributed by atoms with van der Waals surface area (Å²) in [6.45, 7) is 5.30. The van der Waals surface area contributed by atoms with E-state index in [9.17, 15) is 0 Å². The van der Waals surface area contributed by atoms with Crippen LogP contribution in [0.1, 0.15) is 30.9 Å². The molecule has 0 N–H and O–H groups in total. The van der Waals surface area contributed by atoms with Gasteiger partial charge in [-0.3, -0.25) is 0 Å². The molecule has 0 fully saturated rings. The van der Waals surface area contributed by atoms with Crippen molar-refractivity contribution in [2.24, 2.45) is 0 Å². The van der Waals surface area contributed by atoms with Crippen molar-refractivity contribution in [3.8, 4) is 0 Å². The van der Waals surface area contributed by atoms with Gasteiger partial charge in [0.05, 0.1) is 0 Å². The molecule has 0 heterocycles. The van der Waals surface area contributed by atoms with Gasteiger partial charge in [0.2, 0.25) is 0 Å². The third-order valence-electron chi connectivity index (χ3n) is 3.43. The SMILES string of the molecule is CCOC(OCC)C(Cc1[c]cccc1)c1ccccc1. The minimum Gasteiger partial charge on any atom is -0.352 e. The third-order valence-corrected chi connectivity index (χ3v) is 3.43. The summed E-state index contributed by atoms with van der Waals surface area (Å²) in [6, 6.07) is 21.8. The van der Waals surface area contributed by atoms with Gasteiger partial charge in [-0.15, -0.1) is 0 Å². The first-order chi connectivity index (χ1) is 10.3. The molecule has 21 heavy (non-hydrogen) atoms. The van der Waals surface area contributed by atoms with E-state index in [1.165, 1.54) is 11.1 Å². The van der Waals surface area contributed by atoms with Crippen LogP contribution in [0.4, 0.5) is 0 Å². The third kappa shape index (κ3) is 4.69. The summed E-state index contributed by atoms with van der Waals surface area (Å²) in [4.78, 5) is 0. The molecule has 2 rings (SSSR count). The predicted octanol–water partition coefficient (Wildman–Crippen LogP) is 4.21. The molecule has 0 spiro atoms. The maximum Gasteiger partial charge on any atom is 0.164 e. The highest BCUT2D eigenvalue weighted by Gasteiger charge is 2.24. The van der Waals surface area contributed by atoms with E-state index in [1.807, 2.05) is 38.1 Å². The van der Waals surface area contributed by atoms with Gasteiger partial charge < -0.3 is 9.47 Å². The van der Waals surface area contributed by atoms with Gasteiger partial charge in [0.25, 0.3) is 0 Å². The Bertz CT molecular complexity index is 489. The van der Waals surface area contributed by atoms with Crippen molar-refractivity contribution in [1.82, 2.24) is 0 Å². The summed E-state index contributed by atoms with van der Waals surface area (Å²) in [5.41, 5.74) is 2.41. The van der Waals surface area contributed by atoms with Gasteiger partial charge in [-0.2, -0.15) is 0 Å². The first-order valence-corrected chi connectivity index (χ1v) is 7.58. The zero-order valence-electron chi connectivity index (χ0n) is 12.8. The van der Waals surface area contributed by atoms with Crippen molar-refractivity contribution < 1.29 is 9.47 Å². The molecule has 0 aromatic heterocycles. The summed E-state index contributed by atoms with van der Waals surface area (Å²) < 4.78 is 11.7. The minimum absolute atomic E-state index is 0.171. The van der Waals surface area contributed by atoms with Crippen molar-refractivity contribution in [3.05, 3.63) is 71.8 Å². The summed E-state index contributed by atoms with van der Waals surface area (Å²) in [5.74, 6) is 0.171. The molecule has 1 radical (unpaired) electrons. The Balaban J connectivity index is 2.24. The van der Waals surface area contributed by atoms with Crippen molar-refractivity contribution in [3.63, 3.8) is 0 Å². The monoisotopic (exact) mass is 283 g/mol. The summed E-state index contributed by atoms with van der Waals surface area (Å²) in [7, 11) is 0. The number of hydrogen-bond acceptors (Lipinski definition) is 2. The maximum absolute atomic E-state index is 5.84. The van der Waals surface area contributed by atoms with E-state index < -0.39 is 0 Å². The Labute approximate surface area is 127 Å². The van der Waals surface area contributed by atoms with Gasteiger partial charge in [0, 0.05) is 19.1 Å². The highest BCUT2D eigenvalue weighted by Crippen LogP contribution is 2.27. The zero-order chi connectivity index (χ0) is 14.9. The van der Waals surface area contributed by atoms with Crippen molar-refractivity contribution in [2.45, 2.75) is 32.5 Å². The molecular weight excluding hydrogens is 260 g/mol. The van der Waals surface area contributed by atoms with Gasteiger partial charge >= 0.3 is 0 Å². The summed E-state index contributed by atoms with van der Waals surface area (Å²) in [5, 5.41) is 0. The smallest absolute Gasteiger partial charge is 0.164 e. The molecule has 0 amide bonds. The van der Waals surface area contributed by atoms with Crippen LogP contribution < -0.4 is 0 Å². The second-order valence-electron chi connectivity index (χ2n) is 4.89. The fraction of sp³-hybridized carbons (Fsp3) is 0.368. The van der Waals surface area contributed by atoms with Crippen molar-refractivity contribution in [2.75, 3.05) is 13.2 Å². The predicted molar refractivity (Wildman–Crippen MR) is 85.2 cm³/mol. The van der Waals surface area contributed by atoms with Crippen LogP contribution in [0.3, 0.4) is 0 Å². The van der Waals surface area contributed by atoms with Crippen molar-refractivity contribution >= 4 is 0 Å². The minimum atomic E-state index is -0.226. The number of ether oxygens (including phenoxy) is 2. The fourth-order valence-electron chi connectivity index (χ4n) is 2.47. The maximum atomic E-state index is 5.84. The molecule has 0 saturated heterocycles. The molecule has 2 aromatic rings. The van der Waals surface area contributed by atoms with Crippen LogP contribution in [0.5, 0.6) is 0 Å². The largest absolute Gasteiger partial charge is 0.352 e. The topological polar surface area (TPSA) is 18.5 Å². The van der Waals surface area contributed by atoms with Crippen molar-refractivity contribution in [1.29, 1.82) is 0 Å². The molecule has 2 heteroatoms. The first kappa shape index (κ1) is 15.7. The van der Waals surface area contributed by atoms with Gasteiger partial charge in [0.15, 0.2) is 6.29 Å². The molecule has 1 unspecified atom stereocenters. The second-order valence-corrected chi connectivity index (χ2v) is 4.89. The van der Waals surface area contributed by atoms with E-state index in [2.05, 4.69) is 36.4 Å². The molecule has 111 valence electrons. The lowest BCUT2D eigenvalue weighted by atomic mass is 9.91. The van der Waals surface area contributed by atoms with E-state index >= 15 is 0 Å². The van der Waals surface area contributed by atoms with E-state index in [-0.39, 0.29) is 12.2 Å². The number of hydrogen-bond donors (Lipinski definition) is 0. The normalized spacial score (nSPS) is 12.5. The summed E-state index contributed by atoms with van der Waals surface area (Å²) >= 11 is 0. The van der Waals surface area contributed by atoms with Crippen LogP contribution >= 0.6 is 0 Å². The van der Waals surface area contributed by atoms with E-state index in [0.717, 1.165) is 6.42 Å². The zero-order valence-corrected chi connectivity index (χ0v) is 12.8. The van der Waals surface area contributed by atoms with Crippen LogP contribution in [0.2, 0.25) is 0 Å². The molecule has 0 aliphatic heterocycles. The standard InChI is InChI=1S/C19H23O2/c1-3-20-19(21-4-2)18(17-13-9-6-10-14-17)15-16-11-7-5-8-12-16/h5-11,13-14,18-19H,3-4,15H2,1-2H3. The molecule has 2 aromatic carbocycles. The second kappa shape index (κ2) is 8.60. The average Bonchev–Trinajstić information content (AvgIpc) is 2.54. The number of benzene rings is 2. The van der Waals surface area contributed by atoms with Crippen LogP contribution in [-0.4, -0.2) is 19.5 Å². The molecule has 2 nitrogen and oxygen atoms in total. The Hall–Kier alpha value is -1.64. The average molecular weight is 283 g/mol. The Morgan fingerprint density at radius 1 is 0.905 bits per heavy atom. The summed E-state index contributed by atoms with van der Waals surface area (Å²) in [6.07, 6.45) is 0.631. The van der Waals surface area contributed by atoms with Crippen LogP contribution in [-0.2, 0) is 15.9 Å². The van der Waals surface area contributed by atoms with Gasteiger partial charge in [0.1, 0.15) is 0 Å². The van der Waals surface area contributed by atoms with E-state index in [0.29, 0.717) is 13.2 Å². The lowest BCUT2D eigenvalue weighted by Crippen LogP contribution is -2.27. The molecule has 0 bridgehead atoms. The molecule has 1 atom stereocenters. The van der Waals surface area contributed by atoms with E-state index in [1.54, 1.807) is 0 Å². The van der Waals surface area contributed by atoms with Gasteiger partial charge in [-0.25, -0.2) is 0 Å². The molecule has 0 aliphatic carbocycles. The first-order valence-electron chi connectivity index (χ1n) is 7.58. The highest BCUT2D eigenvalue weighted by atomic mass is 16.7. The van der Waals surface area contributed by atoms with E-state index in [4.69, 9.17) is 9.47 Å². The molecule has 0 saturated carbocycles. The lowest BCUT2D eigenvalue weighted by Gasteiger charge is -2.27. The lowest BCUT2D eigenvalue weighted by molar-refractivity contribution is -0.150. The van der Waals surface area contributed by atoms with Crippen LogP contribution in [0, 0.1) is 6.07 Å². The molecule has 0 aliphatic rings. The fourth-order valence-corrected chi connectivity index (χ4v) is 2.47. The van der Waals surface area contributed by atoms with Crippen LogP contribution in [0.25, 0.3) is 0 Å². The quantitative estimate of drug-likeness (QED) is 0.676. The number of rotatable bonds is 8. The highest BCUT2D eigenvalue weighted by molar-refractivity contribution is 5.24.